The van der Waals surface area contributed by atoms with Crippen molar-refractivity contribution in [3.8, 4) is 0 Å². The molecule has 0 atom stereocenters. The minimum absolute atomic E-state index is 0.190. The molecule has 2 heterocycles. The number of nitrogens with zero attached hydrogens (tertiary/aromatic N) is 1. The summed E-state index contributed by atoms with van der Waals surface area (Å²) in [7, 11) is 0. The number of hydrogen-bond acceptors (Lipinski definition) is 4. The number of likely N-dealkylation sites (tertiary alicyclic amines) is 1. The maximum Gasteiger partial charge on any atom is 0.410 e. The van der Waals surface area contributed by atoms with Gasteiger partial charge in [0.15, 0.2) is 0 Å². The lowest BCUT2D eigenvalue weighted by atomic mass is 9.97. The lowest BCUT2D eigenvalue weighted by molar-refractivity contribution is 0.0184. The normalized spacial score (nSPS) is 17.0. The van der Waals surface area contributed by atoms with Crippen LogP contribution in [0.2, 0.25) is 0 Å². The molecule has 1 saturated heterocycles. The van der Waals surface area contributed by atoms with Crippen LogP contribution in [0.25, 0.3) is 0 Å². The van der Waals surface area contributed by atoms with Gasteiger partial charge < -0.3 is 19.4 Å². The molecular formula is C16H26N2O3. The van der Waals surface area contributed by atoms with E-state index >= 15 is 0 Å². The molecular weight excluding hydrogens is 268 g/mol. The molecule has 1 amide bonds. The Kier molecular flexibility index (Phi) is 5.28. The molecule has 5 nitrogen and oxygen atoms in total. The van der Waals surface area contributed by atoms with E-state index in [1.54, 1.807) is 6.26 Å². The monoisotopic (exact) mass is 294 g/mol. The largest absolute Gasteiger partial charge is 0.468 e. The second-order valence-electron chi connectivity index (χ2n) is 6.62. The highest BCUT2D eigenvalue weighted by molar-refractivity contribution is 5.68. The summed E-state index contributed by atoms with van der Waals surface area (Å²) in [5.41, 5.74) is -0.418. The first-order valence-electron chi connectivity index (χ1n) is 7.65. The van der Waals surface area contributed by atoms with Crippen molar-refractivity contribution in [1.29, 1.82) is 0 Å². The maximum absolute atomic E-state index is 12.0. The van der Waals surface area contributed by atoms with Crippen LogP contribution in [0.3, 0.4) is 0 Å². The summed E-state index contributed by atoms with van der Waals surface area (Å²) in [6.45, 7) is 8.98. The first-order valence-corrected chi connectivity index (χ1v) is 7.65. The zero-order valence-electron chi connectivity index (χ0n) is 13.2. The van der Waals surface area contributed by atoms with E-state index in [2.05, 4.69) is 5.32 Å². The third-order valence-corrected chi connectivity index (χ3v) is 3.58. The number of carbonyl (C=O) groups excluding carboxylic acids is 1. The van der Waals surface area contributed by atoms with Crippen LogP contribution in [0.5, 0.6) is 0 Å². The molecule has 1 N–H and O–H groups in total. The number of ether oxygens (including phenoxy) is 1. The van der Waals surface area contributed by atoms with E-state index in [0.29, 0.717) is 5.92 Å². The molecule has 0 spiro atoms. The quantitative estimate of drug-likeness (QED) is 0.927. The fraction of sp³-hybridized carbons (Fsp3) is 0.688. The molecule has 5 heteroatoms. The summed E-state index contributed by atoms with van der Waals surface area (Å²) in [4.78, 5) is 13.8. The SMILES string of the molecule is CC(C)(C)OC(=O)N1CCC(CNCc2ccco2)CC1. The van der Waals surface area contributed by atoms with Crippen LogP contribution in [-0.2, 0) is 11.3 Å². The van der Waals surface area contributed by atoms with Gasteiger partial charge in [-0.1, -0.05) is 0 Å². The number of piperidine rings is 1. The molecule has 0 bridgehead atoms. The summed E-state index contributed by atoms with van der Waals surface area (Å²) in [5, 5.41) is 3.41. The zero-order chi connectivity index (χ0) is 15.3. The molecule has 2 rings (SSSR count). The average Bonchev–Trinajstić information content (AvgIpc) is 2.91. The van der Waals surface area contributed by atoms with E-state index in [-0.39, 0.29) is 6.09 Å². The van der Waals surface area contributed by atoms with Crippen molar-refractivity contribution < 1.29 is 13.9 Å². The minimum Gasteiger partial charge on any atom is -0.468 e. The van der Waals surface area contributed by atoms with E-state index in [1.165, 1.54) is 0 Å². The van der Waals surface area contributed by atoms with E-state index in [1.807, 2.05) is 37.8 Å². The van der Waals surface area contributed by atoms with Crippen LogP contribution >= 0.6 is 0 Å². The van der Waals surface area contributed by atoms with E-state index < -0.39 is 5.60 Å². The highest BCUT2D eigenvalue weighted by Gasteiger charge is 2.26. The first-order chi connectivity index (χ1) is 9.94. The van der Waals surface area contributed by atoms with Crippen LogP contribution < -0.4 is 5.32 Å². The molecule has 0 unspecified atom stereocenters. The smallest absolute Gasteiger partial charge is 0.410 e. The van der Waals surface area contributed by atoms with Crippen molar-refractivity contribution in [3.63, 3.8) is 0 Å². The number of nitrogens with one attached hydrogen (secondary N) is 1. The van der Waals surface area contributed by atoms with Crippen molar-refractivity contribution in [2.45, 2.75) is 45.8 Å². The number of furan rings is 1. The molecule has 1 aliphatic rings. The first kappa shape index (κ1) is 15.9. The zero-order valence-corrected chi connectivity index (χ0v) is 13.2. The second kappa shape index (κ2) is 6.98. The predicted octanol–water partition coefficient (Wildman–Crippen LogP) is 3.02. The van der Waals surface area contributed by atoms with Gasteiger partial charge in [-0.25, -0.2) is 4.79 Å². The van der Waals surface area contributed by atoms with Crippen molar-refractivity contribution in [2.75, 3.05) is 19.6 Å². The van der Waals surface area contributed by atoms with Gasteiger partial charge in [-0.05, 0) is 58.2 Å². The van der Waals surface area contributed by atoms with Crippen molar-refractivity contribution in [3.05, 3.63) is 24.2 Å². The van der Waals surface area contributed by atoms with Gasteiger partial charge in [0.05, 0.1) is 12.8 Å². The summed E-state index contributed by atoms with van der Waals surface area (Å²) < 4.78 is 10.7. The Bertz CT molecular complexity index is 429. The number of rotatable bonds is 4. The number of carbonyl (C=O) groups is 1. The Morgan fingerprint density at radius 1 is 1.43 bits per heavy atom. The molecule has 0 saturated carbocycles. The van der Waals surface area contributed by atoms with E-state index in [9.17, 15) is 4.79 Å². The highest BCUT2D eigenvalue weighted by atomic mass is 16.6. The van der Waals surface area contributed by atoms with Gasteiger partial charge in [-0.15, -0.1) is 0 Å². The van der Waals surface area contributed by atoms with Crippen LogP contribution in [0.4, 0.5) is 4.79 Å². The molecule has 0 aliphatic carbocycles. The van der Waals surface area contributed by atoms with Gasteiger partial charge in [0.1, 0.15) is 11.4 Å². The van der Waals surface area contributed by atoms with E-state index in [0.717, 1.165) is 44.8 Å². The predicted molar refractivity (Wildman–Crippen MR) is 80.9 cm³/mol. The Balaban J connectivity index is 1.65. The fourth-order valence-electron chi connectivity index (χ4n) is 2.46. The molecule has 1 aromatic rings. The summed E-state index contributed by atoms with van der Waals surface area (Å²) >= 11 is 0. The lowest BCUT2D eigenvalue weighted by Gasteiger charge is -2.33. The number of amides is 1. The molecule has 118 valence electrons. The molecule has 1 aromatic heterocycles. The maximum atomic E-state index is 12.0. The Labute approximate surface area is 126 Å². The Morgan fingerprint density at radius 2 is 2.14 bits per heavy atom. The third kappa shape index (κ3) is 5.42. The van der Waals surface area contributed by atoms with Crippen molar-refractivity contribution >= 4 is 6.09 Å². The van der Waals surface area contributed by atoms with E-state index in [4.69, 9.17) is 9.15 Å². The fourth-order valence-corrected chi connectivity index (χ4v) is 2.46. The highest BCUT2D eigenvalue weighted by Crippen LogP contribution is 2.19. The van der Waals surface area contributed by atoms with Crippen molar-refractivity contribution in [2.24, 2.45) is 5.92 Å². The van der Waals surface area contributed by atoms with Crippen LogP contribution in [0, 0.1) is 5.92 Å². The van der Waals surface area contributed by atoms with Gasteiger partial charge in [0.25, 0.3) is 0 Å². The molecule has 1 aliphatic heterocycles. The number of hydrogen-bond donors (Lipinski definition) is 1. The average molecular weight is 294 g/mol. The second-order valence-corrected chi connectivity index (χ2v) is 6.62. The lowest BCUT2D eigenvalue weighted by Crippen LogP contribution is -2.43. The van der Waals surface area contributed by atoms with Crippen LogP contribution in [0.1, 0.15) is 39.4 Å². The topological polar surface area (TPSA) is 54.7 Å². The van der Waals surface area contributed by atoms with Crippen molar-refractivity contribution in [1.82, 2.24) is 10.2 Å². The van der Waals surface area contributed by atoms with Crippen LogP contribution in [-0.4, -0.2) is 36.2 Å². The molecule has 1 fully saturated rings. The standard InChI is InChI=1S/C16H26N2O3/c1-16(2,3)21-15(19)18-8-6-13(7-9-18)11-17-12-14-5-4-10-20-14/h4-5,10,13,17H,6-9,11-12H2,1-3H3. The van der Waals surface area contributed by atoms with Crippen LogP contribution in [0.15, 0.2) is 22.8 Å². The van der Waals surface area contributed by atoms with Gasteiger partial charge >= 0.3 is 6.09 Å². The minimum atomic E-state index is -0.418. The summed E-state index contributed by atoms with van der Waals surface area (Å²) in [6, 6.07) is 3.87. The van der Waals surface area contributed by atoms with Gasteiger partial charge in [-0.3, -0.25) is 0 Å². The molecule has 0 radical (unpaired) electrons. The Morgan fingerprint density at radius 3 is 2.71 bits per heavy atom. The molecule has 0 aromatic carbocycles. The molecule has 21 heavy (non-hydrogen) atoms. The summed E-state index contributed by atoms with van der Waals surface area (Å²) in [6.07, 6.45) is 3.54. The van der Waals surface area contributed by atoms with Gasteiger partial charge in [-0.2, -0.15) is 0 Å². The van der Waals surface area contributed by atoms with Gasteiger partial charge in [0.2, 0.25) is 0 Å². The van der Waals surface area contributed by atoms with Gasteiger partial charge in [0, 0.05) is 13.1 Å². The third-order valence-electron chi connectivity index (χ3n) is 3.58. The Hall–Kier alpha value is -1.49. The summed E-state index contributed by atoms with van der Waals surface area (Å²) in [5.74, 6) is 1.57.